The quantitative estimate of drug-likeness (QED) is 0.755. The van der Waals surface area contributed by atoms with E-state index in [1.165, 1.54) is 57.8 Å². The number of nitrogens with two attached hydrogens (primary N) is 1. The molecule has 2 aliphatic carbocycles. The van der Waals surface area contributed by atoms with E-state index in [4.69, 9.17) is 5.73 Å². The smallest absolute Gasteiger partial charge is 0.0283 e. The van der Waals surface area contributed by atoms with Crippen molar-refractivity contribution in [3.8, 4) is 0 Å². The maximum absolute atomic E-state index is 6.57. The number of nitrogens with one attached hydrogen (secondary N) is 1. The van der Waals surface area contributed by atoms with E-state index in [9.17, 15) is 0 Å². The van der Waals surface area contributed by atoms with Crippen LogP contribution in [0.2, 0.25) is 0 Å². The van der Waals surface area contributed by atoms with Gasteiger partial charge in [0.25, 0.3) is 0 Å². The SMILES string of the molecule is CC1CCCC(NCC2(N)CCCC(C)C2)CC1. The van der Waals surface area contributed by atoms with Gasteiger partial charge in [0.15, 0.2) is 0 Å². The van der Waals surface area contributed by atoms with Crippen LogP contribution in [-0.2, 0) is 0 Å². The highest BCUT2D eigenvalue weighted by atomic mass is 15.0. The van der Waals surface area contributed by atoms with Crippen molar-refractivity contribution in [1.29, 1.82) is 0 Å². The summed E-state index contributed by atoms with van der Waals surface area (Å²) in [6.07, 6.45) is 12.0. The van der Waals surface area contributed by atoms with Crippen molar-refractivity contribution in [2.24, 2.45) is 17.6 Å². The molecule has 0 heterocycles. The molecule has 3 N–H and O–H groups in total. The Hall–Kier alpha value is -0.0800. The summed E-state index contributed by atoms with van der Waals surface area (Å²) in [6, 6.07) is 0.729. The Morgan fingerprint density at radius 1 is 1.00 bits per heavy atom. The first-order valence-corrected chi connectivity index (χ1v) is 8.10. The average molecular weight is 252 g/mol. The van der Waals surface area contributed by atoms with E-state index < -0.39 is 0 Å². The molecule has 0 amide bonds. The maximum atomic E-state index is 6.57. The lowest BCUT2D eigenvalue weighted by Gasteiger charge is -2.38. The van der Waals surface area contributed by atoms with Crippen LogP contribution >= 0.6 is 0 Å². The fraction of sp³-hybridized carbons (Fsp3) is 1.00. The number of hydrogen-bond acceptors (Lipinski definition) is 2. The monoisotopic (exact) mass is 252 g/mol. The van der Waals surface area contributed by atoms with Gasteiger partial charge in [-0.05, 0) is 43.9 Å². The molecule has 4 atom stereocenters. The van der Waals surface area contributed by atoms with E-state index in [2.05, 4.69) is 19.2 Å². The van der Waals surface area contributed by atoms with Crippen LogP contribution in [0.25, 0.3) is 0 Å². The fourth-order valence-electron chi connectivity index (χ4n) is 3.90. The van der Waals surface area contributed by atoms with E-state index in [0.29, 0.717) is 0 Å². The largest absolute Gasteiger partial charge is 0.324 e. The molecule has 2 fully saturated rings. The lowest BCUT2D eigenvalue weighted by Crippen LogP contribution is -2.53. The molecule has 2 aliphatic rings. The van der Waals surface area contributed by atoms with E-state index in [1.54, 1.807) is 0 Å². The van der Waals surface area contributed by atoms with Gasteiger partial charge < -0.3 is 11.1 Å². The Balaban J connectivity index is 1.76. The van der Waals surface area contributed by atoms with Gasteiger partial charge in [0.1, 0.15) is 0 Å². The van der Waals surface area contributed by atoms with Crippen LogP contribution in [0.15, 0.2) is 0 Å². The Labute approximate surface area is 113 Å². The van der Waals surface area contributed by atoms with Gasteiger partial charge in [0.2, 0.25) is 0 Å². The summed E-state index contributed by atoms with van der Waals surface area (Å²) >= 11 is 0. The Morgan fingerprint density at radius 2 is 1.78 bits per heavy atom. The molecule has 4 unspecified atom stereocenters. The van der Waals surface area contributed by atoms with Crippen LogP contribution in [0.1, 0.15) is 71.6 Å². The minimum atomic E-state index is 0.0790. The zero-order valence-corrected chi connectivity index (χ0v) is 12.4. The molecule has 0 aromatic rings. The molecular weight excluding hydrogens is 220 g/mol. The topological polar surface area (TPSA) is 38.0 Å². The van der Waals surface area contributed by atoms with Crippen LogP contribution in [0.3, 0.4) is 0 Å². The first-order valence-electron chi connectivity index (χ1n) is 8.10. The van der Waals surface area contributed by atoms with Gasteiger partial charge in [-0.15, -0.1) is 0 Å². The molecule has 0 aromatic heterocycles. The third-order valence-electron chi connectivity index (χ3n) is 5.13. The summed E-state index contributed by atoms with van der Waals surface area (Å²) in [5.74, 6) is 1.75. The Morgan fingerprint density at radius 3 is 2.56 bits per heavy atom. The number of hydrogen-bond donors (Lipinski definition) is 2. The van der Waals surface area contributed by atoms with Gasteiger partial charge in [0, 0.05) is 18.1 Å². The minimum absolute atomic E-state index is 0.0790. The summed E-state index contributed by atoms with van der Waals surface area (Å²) in [5.41, 5.74) is 6.65. The standard InChI is InChI=1S/C16H32N2/c1-13-5-3-7-15(9-8-13)18-12-16(17)10-4-6-14(2)11-16/h13-15,18H,3-12,17H2,1-2H3. The highest BCUT2D eigenvalue weighted by Gasteiger charge is 2.31. The van der Waals surface area contributed by atoms with Crippen molar-refractivity contribution >= 4 is 0 Å². The second kappa shape index (κ2) is 6.38. The summed E-state index contributed by atoms with van der Waals surface area (Å²) in [5, 5.41) is 3.79. The van der Waals surface area contributed by atoms with Crippen molar-refractivity contribution in [2.45, 2.75) is 83.2 Å². The fourth-order valence-corrected chi connectivity index (χ4v) is 3.90. The third kappa shape index (κ3) is 4.24. The van der Waals surface area contributed by atoms with Gasteiger partial charge in [-0.2, -0.15) is 0 Å². The molecule has 0 bridgehead atoms. The van der Waals surface area contributed by atoms with Crippen molar-refractivity contribution in [3.63, 3.8) is 0 Å². The molecule has 106 valence electrons. The second-order valence-corrected chi connectivity index (χ2v) is 7.26. The zero-order chi connectivity index (χ0) is 13.0. The maximum Gasteiger partial charge on any atom is 0.0283 e. The van der Waals surface area contributed by atoms with Crippen molar-refractivity contribution in [3.05, 3.63) is 0 Å². The summed E-state index contributed by atoms with van der Waals surface area (Å²) in [7, 11) is 0. The molecule has 2 nitrogen and oxygen atoms in total. The molecule has 0 aliphatic heterocycles. The van der Waals surface area contributed by atoms with Crippen LogP contribution in [0.4, 0.5) is 0 Å². The van der Waals surface area contributed by atoms with E-state index in [-0.39, 0.29) is 5.54 Å². The predicted octanol–water partition coefficient (Wildman–Crippen LogP) is 3.45. The number of rotatable bonds is 3. The minimum Gasteiger partial charge on any atom is -0.324 e. The highest BCUT2D eigenvalue weighted by molar-refractivity contribution is 4.92. The van der Waals surface area contributed by atoms with Crippen LogP contribution in [0, 0.1) is 11.8 Å². The Kier molecular flexibility index (Phi) is 5.08. The van der Waals surface area contributed by atoms with Gasteiger partial charge >= 0.3 is 0 Å². The second-order valence-electron chi connectivity index (χ2n) is 7.26. The molecule has 2 rings (SSSR count). The Bertz CT molecular complexity index is 253. The molecule has 2 saturated carbocycles. The summed E-state index contributed by atoms with van der Waals surface area (Å²) < 4.78 is 0. The van der Waals surface area contributed by atoms with Crippen LogP contribution < -0.4 is 11.1 Å². The molecule has 0 saturated heterocycles. The third-order valence-corrected chi connectivity index (χ3v) is 5.13. The van der Waals surface area contributed by atoms with E-state index in [0.717, 1.165) is 24.4 Å². The van der Waals surface area contributed by atoms with Gasteiger partial charge in [-0.25, -0.2) is 0 Å². The molecule has 18 heavy (non-hydrogen) atoms. The van der Waals surface area contributed by atoms with Gasteiger partial charge in [0.05, 0.1) is 0 Å². The lowest BCUT2D eigenvalue weighted by atomic mass is 9.77. The molecule has 0 aromatic carbocycles. The van der Waals surface area contributed by atoms with Crippen molar-refractivity contribution in [2.75, 3.05) is 6.54 Å². The van der Waals surface area contributed by atoms with E-state index >= 15 is 0 Å². The first kappa shape index (κ1) is 14.3. The lowest BCUT2D eigenvalue weighted by molar-refractivity contribution is 0.220. The van der Waals surface area contributed by atoms with Crippen molar-refractivity contribution in [1.82, 2.24) is 5.32 Å². The highest BCUT2D eigenvalue weighted by Crippen LogP contribution is 2.30. The molecule has 0 radical (unpaired) electrons. The van der Waals surface area contributed by atoms with Crippen molar-refractivity contribution < 1.29 is 0 Å². The molecule has 2 heteroatoms. The van der Waals surface area contributed by atoms with Crippen LogP contribution in [-0.4, -0.2) is 18.1 Å². The van der Waals surface area contributed by atoms with Gasteiger partial charge in [-0.1, -0.05) is 39.5 Å². The summed E-state index contributed by atoms with van der Waals surface area (Å²) in [4.78, 5) is 0. The normalized spacial score (nSPS) is 42.5. The first-order chi connectivity index (χ1) is 8.57. The predicted molar refractivity (Wildman–Crippen MR) is 78.6 cm³/mol. The summed E-state index contributed by atoms with van der Waals surface area (Å²) in [6.45, 7) is 5.79. The molecule has 0 spiro atoms. The van der Waals surface area contributed by atoms with Gasteiger partial charge in [-0.3, -0.25) is 0 Å². The average Bonchev–Trinajstić information content (AvgIpc) is 2.51. The van der Waals surface area contributed by atoms with E-state index in [1.807, 2.05) is 0 Å². The van der Waals surface area contributed by atoms with Crippen LogP contribution in [0.5, 0.6) is 0 Å². The molecular formula is C16H32N2. The zero-order valence-electron chi connectivity index (χ0n) is 12.4.